The van der Waals surface area contributed by atoms with E-state index in [0.717, 1.165) is 25.4 Å². The summed E-state index contributed by atoms with van der Waals surface area (Å²) in [4.78, 5) is 5.82. The highest BCUT2D eigenvalue weighted by Gasteiger charge is 2.28. The molecule has 4 nitrogen and oxygen atoms in total. The zero-order valence-electron chi connectivity index (χ0n) is 12.4. The highest BCUT2D eigenvalue weighted by Crippen LogP contribution is 2.21. The molecule has 1 aliphatic rings. The van der Waals surface area contributed by atoms with Gasteiger partial charge < -0.3 is 9.47 Å². The van der Waals surface area contributed by atoms with Crippen molar-refractivity contribution in [2.75, 3.05) is 26.3 Å². The van der Waals surface area contributed by atoms with Gasteiger partial charge >= 0.3 is 0 Å². The van der Waals surface area contributed by atoms with E-state index in [1.807, 2.05) is 12.1 Å². The van der Waals surface area contributed by atoms with Crippen LogP contribution in [0.25, 0.3) is 4.85 Å². The monoisotopic (exact) mass is 274 g/mol. The summed E-state index contributed by atoms with van der Waals surface area (Å²) in [5.74, 6) is 0.731. The molecule has 0 N–H and O–H groups in total. The molecule has 2 rings (SSSR count). The van der Waals surface area contributed by atoms with Crippen LogP contribution in [0.1, 0.15) is 20.8 Å². The van der Waals surface area contributed by atoms with Crippen molar-refractivity contribution < 1.29 is 9.47 Å². The zero-order valence-corrected chi connectivity index (χ0v) is 12.4. The first-order valence-electron chi connectivity index (χ1n) is 6.96. The average Bonchev–Trinajstić information content (AvgIpc) is 2.45. The van der Waals surface area contributed by atoms with Gasteiger partial charge in [0.05, 0.1) is 13.2 Å². The number of morpholine rings is 1. The van der Waals surface area contributed by atoms with Gasteiger partial charge in [-0.05, 0) is 32.9 Å². The fourth-order valence-corrected chi connectivity index (χ4v) is 2.26. The Kier molecular flexibility index (Phi) is 4.64. The Bertz CT molecular complexity index is 488. The molecule has 1 fully saturated rings. The van der Waals surface area contributed by atoms with E-state index in [2.05, 4.69) is 30.5 Å². The minimum atomic E-state index is 0.0829. The van der Waals surface area contributed by atoms with Gasteiger partial charge in [-0.3, -0.25) is 4.90 Å². The Morgan fingerprint density at radius 1 is 1.45 bits per heavy atom. The molecule has 0 aliphatic carbocycles. The molecule has 1 aromatic rings. The molecular formula is C16H22N2O2. The summed E-state index contributed by atoms with van der Waals surface area (Å²) in [6, 6.07) is 7.25. The molecule has 1 aliphatic heterocycles. The Balaban J connectivity index is 1.89. The van der Waals surface area contributed by atoms with Gasteiger partial charge in [-0.15, -0.1) is 0 Å². The topological polar surface area (TPSA) is 26.1 Å². The second-order valence-electron chi connectivity index (χ2n) is 6.03. The molecule has 0 saturated carbocycles. The van der Waals surface area contributed by atoms with Crippen LogP contribution in [0.2, 0.25) is 0 Å². The van der Waals surface area contributed by atoms with Crippen LogP contribution in [0.3, 0.4) is 0 Å². The van der Waals surface area contributed by atoms with E-state index in [0.29, 0.717) is 12.3 Å². The molecule has 0 radical (unpaired) electrons. The van der Waals surface area contributed by atoms with Crippen LogP contribution in [-0.4, -0.2) is 42.8 Å². The second kappa shape index (κ2) is 6.25. The molecule has 1 aromatic carbocycles. The summed E-state index contributed by atoms with van der Waals surface area (Å²) in [6.45, 7) is 16.8. The van der Waals surface area contributed by atoms with Crippen molar-refractivity contribution in [3.63, 3.8) is 0 Å². The Morgan fingerprint density at radius 2 is 2.25 bits per heavy atom. The maximum absolute atomic E-state index is 7.00. The lowest BCUT2D eigenvalue weighted by molar-refractivity contribution is -0.0728. The van der Waals surface area contributed by atoms with Crippen molar-refractivity contribution in [1.82, 2.24) is 4.90 Å². The van der Waals surface area contributed by atoms with Crippen LogP contribution in [0, 0.1) is 6.57 Å². The van der Waals surface area contributed by atoms with Crippen LogP contribution >= 0.6 is 0 Å². The van der Waals surface area contributed by atoms with Gasteiger partial charge in [-0.25, -0.2) is 4.85 Å². The molecule has 0 bridgehead atoms. The first kappa shape index (κ1) is 14.8. The molecular weight excluding hydrogens is 252 g/mol. The summed E-state index contributed by atoms with van der Waals surface area (Å²) in [5.41, 5.74) is 0.759. The average molecular weight is 274 g/mol. The van der Waals surface area contributed by atoms with Gasteiger partial charge in [-0.2, -0.15) is 0 Å². The van der Waals surface area contributed by atoms with E-state index < -0.39 is 0 Å². The number of ether oxygens (including phenoxy) is 2. The largest absolute Gasteiger partial charge is 0.492 e. The van der Waals surface area contributed by atoms with Crippen molar-refractivity contribution in [3.05, 3.63) is 35.7 Å². The van der Waals surface area contributed by atoms with E-state index in [9.17, 15) is 0 Å². The fraction of sp³-hybridized carbons (Fsp3) is 0.562. The second-order valence-corrected chi connectivity index (χ2v) is 6.03. The maximum Gasteiger partial charge on any atom is 0.190 e. The highest BCUT2D eigenvalue weighted by molar-refractivity contribution is 5.48. The summed E-state index contributed by atoms with van der Waals surface area (Å²) < 4.78 is 11.5. The third-order valence-corrected chi connectivity index (χ3v) is 3.47. The van der Waals surface area contributed by atoms with E-state index in [-0.39, 0.29) is 11.6 Å². The Labute approximate surface area is 121 Å². The first-order chi connectivity index (χ1) is 9.49. The standard InChI is InChI=1S/C16H22N2O2/c1-16(2,3)18-8-9-19-15(11-18)12-20-14-7-5-6-13(10-14)17-4/h5-7,10,15H,8-9,11-12H2,1-3H3. The molecule has 0 aromatic heterocycles. The van der Waals surface area contributed by atoms with Crippen molar-refractivity contribution in [2.24, 2.45) is 0 Å². The molecule has 0 amide bonds. The molecule has 108 valence electrons. The van der Waals surface area contributed by atoms with Crippen molar-refractivity contribution in [3.8, 4) is 5.75 Å². The Hall–Kier alpha value is -1.57. The van der Waals surface area contributed by atoms with E-state index in [1.165, 1.54) is 0 Å². The number of hydrogen-bond acceptors (Lipinski definition) is 3. The molecule has 20 heavy (non-hydrogen) atoms. The van der Waals surface area contributed by atoms with Crippen LogP contribution < -0.4 is 4.74 Å². The summed E-state index contributed by atoms with van der Waals surface area (Å²) in [6.07, 6.45) is 0.0829. The number of benzene rings is 1. The maximum atomic E-state index is 7.00. The molecule has 1 unspecified atom stereocenters. The van der Waals surface area contributed by atoms with Gasteiger partial charge in [0, 0.05) is 18.6 Å². The summed E-state index contributed by atoms with van der Waals surface area (Å²) in [5, 5.41) is 0. The molecule has 1 heterocycles. The molecule has 1 atom stereocenters. The number of nitrogens with zero attached hydrogens (tertiary/aromatic N) is 2. The zero-order chi connectivity index (χ0) is 14.6. The first-order valence-corrected chi connectivity index (χ1v) is 6.96. The summed E-state index contributed by atoms with van der Waals surface area (Å²) >= 11 is 0. The van der Waals surface area contributed by atoms with Gasteiger partial charge in [0.2, 0.25) is 0 Å². The lowest BCUT2D eigenvalue weighted by Crippen LogP contribution is -2.52. The van der Waals surface area contributed by atoms with Crippen LogP contribution in [0.15, 0.2) is 24.3 Å². The van der Waals surface area contributed by atoms with Crippen molar-refractivity contribution >= 4 is 5.69 Å². The minimum absolute atomic E-state index is 0.0829. The van der Waals surface area contributed by atoms with Crippen molar-refractivity contribution in [2.45, 2.75) is 32.4 Å². The van der Waals surface area contributed by atoms with Gasteiger partial charge in [-0.1, -0.05) is 12.1 Å². The fourth-order valence-electron chi connectivity index (χ4n) is 2.26. The number of rotatable bonds is 3. The van der Waals surface area contributed by atoms with E-state index in [1.54, 1.807) is 12.1 Å². The van der Waals surface area contributed by atoms with E-state index >= 15 is 0 Å². The highest BCUT2D eigenvalue weighted by atomic mass is 16.5. The Morgan fingerprint density at radius 3 is 2.95 bits per heavy atom. The molecule has 0 spiro atoms. The van der Waals surface area contributed by atoms with Gasteiger partial charge in [0.1, 0.15) is 18.5 Å². The number of hydrogen-bond donors (Lipinski definition) is 0. The predicted octanol–water partition coefficient (Wildman–Crippen LogP) is 3.12. The third kappa shape index (κ3) is 3.96. The normalized spacial score (nSPS) is 20.4. The van der Waals surface area contributed by atoms with E-state index in [4.69, 9.17) is 16.0 Å². The van der Waals surface area contributed by atoms with Crippen molar-refractivity contribution in [1.29, 1.82) is 0 Å². The van der Waals surface area contributed by atoms with Crippen LogP contribution in [0.5, 0.6) is 5.75 Å². The van der Waals surface area contributed by atoms with Gasteiger partial charge in [0.25, 0.3) is 0 Å². The van der Waals surface area contributed by atoms with Crippen LogP contribution in [-0.2, 0) is 4.74 Å². The lowest BCUT2D eigenvalue weighted by atomic mass is 10.0. The molecule has 4 heteroatoms. The minimum Gasteiger partial charge on any atom is -0.492 e. The van der Waals surface area contributed by atoms with Crippen LogP contribution in [0.4, 0.5) is 5.69 Å². The van der Waals surface area contributed by atoms with Gasteiger partial charge in [0.15, 0.2) is 5.69 Å². The smallest absolute Gasteiger partial charge is 0.190 e. The third-order valence-electron chi connectivity index (χ3n) is 3.47. The molecule has 1 saturated heterocycles. The lowest BCUT2D eigenvalue weighted by Gasteiger charge is -2.41. The summed E-state index contributed by atoms with van der Waals surface area (Å²) in [7, 11) is 0. The SMILES string of the molecule is [C-]#[N+]c1cccc(OCC2CN(C(C)(C)C)CCO2)c1. The quantitative estimate of drug-likeness (QED) is 0.792. The predicted molar refractivity (Wildman–Crippen MR) is 79.3 cm³/mol.